The van der Waals surface area contributed by atoms with Gasteiger partial charge in [-0.25, -0.2) is 8.42 Å². The van der Waals surface area contributed by atoms with Gasteiger partial charge in [-0.15, -0.1) is 0 Å². The molecule has 1 aromatic heterocycles. The molecule has 1 N–H and O–H groups in total. The Labute approximate surface area is 113 Å². The summed E-state index contributed by atoms with van der Waals surface area (Å²) in [4.78, 5) is 0.316. The van der Waals surface area contributed by atoms with Crippen molar-refractivity contribution in [1.82, 2.24) is 9.78 Å². The lowest BCUT2D eigenvalue weighted by Crippen LogP contribution is -2.06. The lowest BCUT2D eigenvalue weighted by molar-refractivity contribution is 0.602. The van der Waals surface area contributed by atoms with E-state index in [9.17, 15) is 8.42 Å². The van der Waals surface area contributed by atoms with Crippen molar-refractivity contribution in [2.24, 2.45) is 7.05 Å². The summed E-state index contributed by atoms with van der Waals surface area (Å²) < 4.78 is 24.7. The highest BCUT2D eigenvalue weighted by molar-refractivity contribution is 7.90. The first-order valence-corrected chi connectivity index (χ1v) is 7.80. The molecule has 0 radical (unpaired) electrons. The van der Waals surface area contributed by atoms with Crippen LogP contribution in [0.25, 0.3) is 0 Å². The van der Waals surface area contributed by atoms with Gasteiger partial charge in [-0.1, -0.05) is 6.07 Å². The molecule has 0 saturated heterocycles. The standard InChI is InChI=1S/C13H17N3O2S/c1-10(11-8-14-16(2)9-11)15-12-5-4-6-13(7-12)19(3,17)18/h4-10,15H,1-3H3. The first-order valence-electron chi connectivity index (χ1n) is 5.91. The minimum absolute atomic E-state index is 0.0588. The van der Waals surface area contributed by atoms with Crippen LogP contribution in [0.1, 0.15) is 18.5 Å². The van der Waals surface area contributed by atoms with E-state index in [1.165, 1.54) is 6.26 Å². The van der Waals surface area contributed by atoms with Crippen molar-refractivity contribution in [3.8, 4) is 0 Å². The van der Waals surface area contributed by atoms with Crippen LogP contribution in [0.5, 0.6) is 0 Å². The Morgan fingerprint density at radius 2 is 2.11 bits per heavy atom. The predicted octanol–water partition coefficient (Wildman–Crippen LogP) is 2.00. The number of hydrogen-bond donors (Lipinski definition) is 1. The summed E-state index contributed by atoms with van der Waals surface area (Å²) in [6.45, 7) is 2.00. The maximum Gasteiger partial charge on any atom is 0.175 e. The average Bonchev–Trinajstić information content (AvgIpc) is 2.75. The highest BCUT2D eigenvalue weighted by Gasteiger charge is 2.10. The fraction of sp³-hybridized carbons (Fsp3) is 0.308. The fourth-order valence-corrected chi connectivity index (χ4v) is 2.48. The first-order chi connectivity index (χ1) is 8.86. The zero-order valence-corrected chi connectivity index (χ0v) is 12.0. The SMILES string of the molecule is CC(Nc1cccc(S(C)(=O)=O)c1)c1cnn(C)c1. The second kappa shape index (κ2) is 5.05. The topological polar surface area (TPSA) is 64.0 Å². The van der Waals surface area contributed by atoms with Gasteiger partial charge in [0.25, 0.3) is 0 Å². The Hall–Kier alpha value is -1.82. The summed E-state index contributed by atoms with van der Waals surface area (Å²) in [7, 11) is -1.32. The van der Waals surface area contributed by atoms with E-state index in [1.807, 2.05) is 26.2 Å². The van der Waals surface area contributed by atoms with Gasteiger partial charge >= 0.3 is 0 Å². The minimum Gasteiger partial charge on any atom is -0.378 e. The molecule has 0 fully saturated rings. The molecule has 1 unspecified atom stereocenters. The number of aryl methyl sites for hydroxylation is 1. The van der Waals surface area contributed by atoms with Crippen LogP contribution in [0, 0.1) is 0 Å². The van der Waals surface area contributed by atoms with Crippen LogP contribution >= 0.6 is 0 Å². The maximum atomic E-state index is 11.5. The summed E-state index contributed by atoms with van der Waals surface area (Å²) in [5.74, 6) is 0. The number of hydrogen-bond acceptors (Lipinski definition) is 4. The largest absolute Gasteiger partial charge is 0.378 e. The number of anilines is 1. The van der Waals surface area contributed by atoms with Crippen molar-refractivity contribution in [3.63, 3.8) is 0 Å². The van der Waals surface area contributed by atoms with E-state index in [0.29, 0.717) is 4.90 Å². The van der Waals surface area contributed by atoms with Crippen LogP contribution in [-0.2, 0) is 16.9 Å². The Bertz CT molecular complexity index is 677. The van der Waals surface area contributed by atoms with Crippen LogP contribution in [0.2, 0.25) is 0 Å². The van der Waals surface area contributed by atoms with E-state index in [0.717, 1.165) is 11.3 Å². The molecule has 19 heavy (non-hydrogen) atoms. The Morgan fingerprint density at radius 3 is 2.68 bits per heavy atom. The van der Waals surface area contributed by atoms with Gasteiger partial charge in [-0.3, -0.25) is 4.68 Å². The van der Waals surface area contributed by atoms with Crippen molar-refractivity contribution >= 4 is 15.5 Å². The third kappa shape index (κ3) is 3.35. The molecule has 0 spiro atoms. The second-order valence-corrected chi connectivity index (χ2v) is 6.63. The second-order valence-electron chi connectivity index (χ2n) is 4.61. The van der Waals surface area contributed by atoms with Crippen molar-refractivity contribution in [2.75, 3.05) is 11.6 Å². The number of nitrogens with one attached hydrogen (secondary N) is 1. The van der Waals surface area contributed by atoms with Crippen LogP contribution in [-0.4, -0.2) is 24.5 Å². The summed E-state index contributed by atoms with van der Waals surface area (Å²) >= 11 is 0. The van der Waals surface area contributed by atoms with Gasteiger partial charge in [0.15, 0.2) is 9.84 Å². The fourth-order valence-electron chi connectivity index (χ4n) is 1.81. The molecule has 0 aliphatic carbocycles. The molecule has 2 rings (SSSR count). The van der Waals surface area contributed by atoms with Gasteiger partial charge < -0.3 is 5.32 Å². The molecular formula is C13H17N3O2S. The molecule has 1 heterocycles. The molecule has 2 aromatic rings. The minimum atomic E-state index is -3.18. The molecule has 0 aliphatic rings. The van der Waals surface area contributed by atoms with Crippen molar-refractivity contribution in [2.45, 2.75) is 17.9 Å². The number of nitrogens with zero attached hydrogens (tertiary/aromatic N) is 2. The van der Waals surface area contributed by atoms with Gasteiger partial charge in [-0.2, -0.15) is 5.10 Å². The average molecular weight is 279 g/mol. The maximum absolute atomic E-state index is 11.5. The van der Waals surface area contributed by atoms with E-state index in [-0.39, 0.29) is 6.04 Å². The summed E-state index contributed by atoms with van der Waals surface area (Å²) in [5, 5.41) is 7.38. The summed E-state index contributed by atoms with van der Waals surface area (Å²) in [6.07, 6.45) is 4.92. The van der Waals surface area contributed by atoms with E-state index in [2.05, 4.69) is 10.4 Å². The van der Waals surface area contributed by atoms with Gasteiger partial charge in [0.2, 0.25) is 0 Å². The van der Waals surface area contributed by atoms with Gasteiger partial charge in [-0.05, 0) is 25.1 Å². The highest BCUT2D eigenvalue weighted by Crippen LogP contribution is 2.21. The molecule has 0 amide bonds. The monoisotopic (exact) mass is 279 g/mol. The first kappa shape index (κ1) is 13.6. The van der Waals surface area contributed by atoms with E-state index >= 15 is 0 Å². The smallest absolute Gasteiger partial charge is 0.175 e. The number of aromatic nitrogens is 2. The van der Waals surface area contributed by atoms with Gasteiger partial charge in [0.05, 0.1) is 17.1 Å². The van der Waals surface area contributed by atoms with Crippen molar-refractivity contribution in [1.29, 1.82) is 0 Å². The molecule has 0 saturated carbocycles. The van der Waals surface area contributed by atoms with E-state index in [1.54, 1.807) is 29.1 Å². The molecule has 0 bridgehead atoms. The van der Waals surface area contributed by atoms with Crippen LogP contribution in [0.3, 0.4) is 0 Å². The highest BCUT2D eigenvalue weighted by atomic mass is 32.2. The Kier molecular flexibility index (Phi) is 3.61. The molecule has 6 heteroatoms. The molecule has 1 atom stereocenters. The van der Waals surface area contributed by atoms with Gasteiger partial charge in [0, 0.05) is 30.8 Å². The lowest BCUT2D eigenvalue weighted by Gasteiger charge is -2.14. The zero-order valence-electron chi connectivity index (χ0n) is 11.2. The normalized spacial score (nSPS) is 13.2. The van der Waals surface area contributed by atoms with Crippen molar-refractivity contribution in [3.05, 3.63) is 42.2 Å². The van der Waals surface area contributed by atoms with E-state index in [4.69, 9.17) is 0 Å². The molecule has 1 aromatic carbocycles. The molecule has 5 nitrogen and oxygen atoms in total. The predicted molar refractivity (Wildman–Crippen MR) is 74.8 cm³/mol. The van der Waals surface area contributed by atoms with Crippen LogP contribution < -0.4 is 5.32 Å². The third-order valence-electron chi connectivity index (χ3n) is 2.87. The lowest BCUT2D eigenvalue weighted by atomic mass is 10.2. The Morgan fingerprint density at radius 1 is 1.37 bits per heavy atom. The summed E-state index contributed by atoms with van der Waals surface area (Å²) in [6, 6.07) is 6.87. The molecule has 0 aliphatic heterocycles. The number of sulfone groups is 1. The number of benzene rings is 1. The molecule has 102 valence electrons. The van der Waals surface area contributed by atoms with Gasteiger partial charge in [0.1, 0.15) is 0 Å². The zero-order chi connectivity index (χ0) is 14.0. The van der Waals surface area contributed by atoms with Crippen LogP contribution in [0.15, 0.2) is 41.6 Å². The van der Waals surface area contributed by atoms with Crippen molar-refractivity contribution < 1.29 is 8.42 Å². The Balaban J connectivity index is 2.20. The third-order valence-corrected chi connectivity index (χ3v) is 3.98. The van der Waals surface area contributed by atoms with Crippen LogP contribution in [0.4, 0.5) is 5.69 Å². The summed E-state index contributed by atoms with van der Waals surface area (Å²) in [5.41, 5.74) is 1.83. The quantitative estimate of drug-likeness (QED) is 0.929. The number of rotatable bonds is 4. The molecular weight excluding hydrogens is 262 g/mol. The van der Waals surface area contributed by atoms with E-state index < -0.39 is 9.84 Å².